The summed E-state index contributed by atoms with van der Waals surface area (Å²) < 4.78 is 33.3. The Morgan fingerprint density at radius 3 is 2.70 bits per heavy atom. The smallest absolute Gasteiger partial charge is 0.241 e. The summed E-state index contributed by atoms with van der Waals surface area (Å²) in [6.07, 6.45) is 3.31. The molecular weight excluding hydrogens is 314 g/mol. The number of sulfonamides is 1. The van der Waals surface area contributed by atoms with Crippen LogP contribution in [0.3, 0.4) is 0 Å². The van der Waals surface area contributed by atoms with Crippen molar-refractivity contribution in [2.45, 2.75) is 50.5 Å². The first-order valence-electron chi connectivity index (χ1n) is 7.81. The van der Waals surface area contributed by atoms with Gasteiger partial charge in [-0.25, -0.2) is 13.1 Å². The van der Waals surface area contributed by atoms with E-state index in [4.69, 9.17) is 4.42 Å². The summed E-state index contributed by atoms with van der Waals surface area (Å²) in [6, 6.07) is 7.01. The lowest BCUT2D eigenvalue weighted by Gasteiger charge is -2.14. The van der Waals surface area contributed by atoms with Crippen molar-refractivity contribution in [1.29, 1.82) is 0 Å². The van der Waals surface area contributed by atoms with Crippen LogP contribution in [-0.4, -0.2) is 24.7 Å². The molecule has 0 saturated heterocycles. The third-order valence-corrected chi connectivity index (χ3v) is 5.96. The summed E-state index contributed by atoms with van der Waals surface area (Å²) in [4.78, 5) is 0.357. The van der Waals surface area contributed by atoms with Gasteiger partial charge in [0, 0.05) is 19.4 Å². The van der Waals surface area contributed by atoms with Gasteiger partial charge in [0.2, 0.25) is 21.8 Å². The molecule has 0 radical (unpaired) electrons. The zero-order valence-corrected chi connectivity index (χ0v) is 14.1. The highest BCUT2D eigenvalue weighted by atomic mass is 32.2. The van der Waals surface area contributed by atoms with Crippen LogP contribution in [0.4, 0.5) is 0 Å². The Bertz CT molecular complexity index is 785. The maximum Gasteiger partial charge on any atom is 0.241 e. The Labute approximate surface area is 136 Å². The lowest BCUT2D eigenvalue weighted by molar-refractivity contribution is 0.413. The Morgan fingerprint density at radius 1 is 1.22 bits per heavy atom. The average molecular weight is 335 g/mol. The molecule has 1 aromatic carbocycles. The van der Waals surface area contributed by atoms with Crippen LogP contribution < -0.4 is 4.72 Å². The second-order valence-corrected chi connectivity index (χ2v) is 7.86. The Kier molecular flexibility index (Phi) is 4.50. The van der Waals surface area contributed by atoms with E-state index in [-0.39, 0.29) is 6.04 Å². The zero-order valence-electron chi connectivity index (χ0n) is 13.3. The van der Waals surface area contributed by atoms with Crippen molar-refractivity contribution < 1.29 is 12.8 Å². The van der Waals surface area contributed by atoms with Crippen LogP contribution in [0.2, 0.25) is 0 Å². The topological polar surface area (TPSA) is 85.1 Å². The zero-order chi connectivity index (χ0) is 16.4. The summed E-state index contributed by atoms with van der Waals surface area (Å²) in [6.45, 7) is 3.58. The fourth-order valence-corrected chi connectivity index (χ4v) is 4.70. The minimum absolute atomic E-state index is 0.0337. The molecule has 3 rings (SSSR count). The van der Waals surface area contributed by atoms with E-state index < -0.39 is 10.0 Å². The van der Waals surface area contributed by atoms with Gasteiger partial charge < -0.3 is 4.42 Å². The molecule has 2 aromatic rings. The van der Waals surface area contributed by atoms with E-state index in [2.05, 4.69) is 14.9 Å². The summed E-state index contributed by atoms with van der Waals surface area (Å²) in [5.74, 6) is 1.57. The number of benzene rings is 1. The molecule has 0 bridgehead atoms. The number of nitrogens with one attached hydrogen (secondary N) is 1. The van der Waals surface area contributed by atoms with Crippen LogP contribution >= 0.6 is 0 Å². The van der Waals surface area contributed by atoms with Gasteiger partial charge in [0.05, 0.1) is 4.90 Å². The number of rotatable bonds is 5. The molecule has 2 atom stereocenters. The Morgan fingerprint density at radius 2 is 2.00 bits per heavy atom. The molecule has 1 aliphatic carbocycles. The predicted molar refractivity (Wildman–Crippen MR) is 85.4 cm³/mol. The minimum Gasteiger partial charge on any atom is -0.426 e. The molecule has 1 aromatic heterocycles. The molecule has 1 saturated carbocycles. The van der Waals surface area contributed by atoms with Gasteiger partial charge in [-0.2, -0.15) is 0 Å². The Hall–Kier alpha value is -1.73. The molecule has 1 heterocycles. The lowest BCUT2D eigenvalue weighted by Crippen LogP contribution is -2.33. The van der Waals surface area contributed by atoms with Gasteiger partial charge in [0.1, 0.15) is 0 Å². The van der Waals surface area contributed by atoms with Gasteiger partial charge >= 0.3 is 0 Å². The summed E-state index contributed by atoms with van der Waals surface area (Å²) in [5, 5.41) is 7.84. The molecule has 0 aliphatic heterocycles. The average Bonchev–Trinajstić information content (AvgIpc) is 3.08. The standard InChI is InChI=1S/C16H21N3O3S/c1-11-5-3-4-6-15(11)23(20,21)19-14-8-7-13(9-14)10-16-18-17-12(2)22-16/h3-6,13-14,19H,7-10H2,1-2H3/t13-,14+/m1/s1. The van der Waals surface area contributed by atoms with Gasteiger partial charge in [-0.15, -0.1) is 10.2 Å². The fraction of sp³-hybridized carbons (Fsp3) is 0.500. The number of hydrogen-bond donors (Lipinski definition) is 1. The largest absolute Gasteiger partial charge is 0.426 e. The van der Waals surface area contributed by atoms with Crippen molar-refractivity contribution in [3.8, 4) is 0 Å². The van der Waals surface area contributed by atoms with Crippen molar-refractivity contribution in [3.63, 3.8) is 0 Å². The van der Waals surface area contributed by atoms with E-state index in [1.807, 2.05) is 19.1 Å². The van der Waals surface area contributed by atoms with Crippen LogP contribution in [0.25, 0.3) is 0 Å². The van der Waals surface area contributed by atoms with Gasteiger partial charge in [-0.05, 0) is 43.7 Å². The first kappa shape index (κ1) is 16.1. The summed E-state index contributed by atoms with van der Waals surface area (Å²) >= 11 is 0. The second-order valence-electron chi connectivity index (χ2n) is 6.18. The van der Waals surface area contributed by atoms with Crippen LogP contribution in [-0.2, 0) is 16.4 Å². The van der Waals surface area contributed by atoms with Crippen molar-refractivity contribution >= 4 is 10.0 Å². The molecule has 6 nitrogen and oxygen atoms in total. The molecule has 0 spiro atoms. The highest BCUT2D eigenvalue weighted by Gasteiger charge is 2.30. The molecule has 23 heavy (non-hydrogen) atoms. The van der Waals surface area contributed by atoms with E-state index in [9.17, 15) is 8.42 Å². The third-order valence-electron chi connectivity index (χ3n) is 4.28. The van der Waals surface area contributed by atoms with Crippen LogP contribution in [0, 0.1) is 19.8 Å². The highest BCUT2D eigenvalue weighted by Crippen LogP contribution is 2.29. The number of aryl methyl sites for hydroxylation is 2. The quantitative estimate of drug-likeness (QED) is 0.907. The van der Waals surface area contributed by atoms with E-state index in [1.165, 1.54) is 0 Å². The molecule has 0 unspecified atom stereocenters. The van der Waals surface area contributed by atoms with Crippen molar-refractivity contribution in [2.24, 2.45) is 5.92 Å². The SMILES string of the molecule is Cc1nnc(C[C@@H]2CC[C@H](NS(=O)(=O)c3ccccc3C)C2)o1. The molecule has 1 N–H and O–H groups in total. The molecule has 1 aliphatic rings. The molecule has 0 amide bonds. The molecule has 1 fully saturated rings. The Balaban J connectivity index is 1.62. The minimum atomic E-state index is -3.47. The molecule has 124 valence electrons. The maximum atomic E-state index is 12.5. The van der Waals surface area contributed by atoms with E-state index in [0.717, 1.165) is 24.8 Å². The van der Waals surface area contributed by atoms with Crippen LogP contribution in [0.5, 0.6) is 0 Å². The van der Waals surface area contributed by atoms with E-state index >= 15 is 0 Å². The number of aromatic nitrogens is 2. The monoisotopic (exact) mass is 335 g/mol. The van der Waals surface area contributed by atoms with Crippen molar-refractivity contribution in [3.05, 3.63) is 41.6 Å². The summed E-state index contributed by atoms with van der Waals surface area (Å²) in [7, 11) is -3.47. The van der Waals surface area contributed by atoms with E-state index in [1.54, 1.807) is 19.1 Å². The van der Waals surface area contributed by atoms with Crippen LogP contribution in [0.1, 0.15) is 36.6 Å². The maximum absolute atomic E-state index is 12.5. The first-order chi connectivity index (χ1) is 10.9. The van der Waals surface area contributed by atoms with Gasteiger partial charge in [0.25, 0.3) is 0 Å². The second kappa shape index (κ2) is 6.41. The van der Waals surface area contributed by atoms with Crippen molar-refractivity contribution in [1.82, 2.24) is 14.9 Å². The lowest BCUT2D eigenvalue weighted by atomic mass is 10.0. The third kappa shape index (κ3) is 3.79. The highest BCUT2D eigenvalue weighted by molar-refractivity contribution is 7.89. The van der Waals surface area contributed by atoms with Crippen LogP contribution in [0.15, 0.2) is 33.6 Å². The molecular formula is C16H21N3O3S. The first-order valence-corrected chi connectivity index (χ1v) is 9.29. The van der Waals surface area contributed by atoms with E-state index in [0.29, 0.717) is 29.0 Å². The fourth-order valence-electron chi connectivity index (χ4n) is 3.18. The number of nitrogens with zero attached hydrogens (tertiary/aromatic N) is 2. The number of hydrogen-bond acceptors (Lipinski definition) is 5. The van der Waals surface area contributed by atoms with Gasteiger partial charge in [-0.3, -0.25) is 0 Å². The molecule has 7 heteroatoms. The van der Waals surface area contributed by atoms with Gasteiger partial charge in [0.15, 0.2) is 0 Å². The van der Waals surface area contributed by atoms with Gasteiger partial charge in [-0.1, -0.05) is 18.2 Å². The normalized spacial score (nSPS) is 21.7. The van der Waals surface area contributed by atoms with Crippen molar-refractivity contribution in [2.75, 3.05) is 0 Å². The predicted octanol–water partition coefficient (Wildman–Crippen LogP) is 2.38. The summed E-state index contributed by atoms with van der Waals surface area (Å²) in [5.41, 5.74) is 0.760.